The van der Waals surface area contributed by atoms with E-state index in [1.54, 1.807) is 5.38 Å². The first-order chi connectivity index (χ1) is 10.2. The van der Waals surface area contributed by atoms with Gasteiger partial charge in [0.1, 0.15) is 5.01 Å². The molecule has 0 unspecified atom stereocenters. The van der Waals surface area contributed by atoms with Crippen molar-refractivity contribution in [1.29, 1.82) is 0 Å². The van der Waals surface area contributed by atoms with E-state index in [-0.39, 0.29) is 5.69 Å². The van der Waals surface area contributed by atoms with Gasteiger partial charge in [-0.1, -0.05) is 38.0 Å². The second-order valence-electron chi connectivity index (χ2n) is 4.80. The predicted molar refractivity (Wildman–Crippen MR) is 83.7 cm³/mol. The van der Waals surface area contributed by atoms with Crippen LogP contribution in [0.1, 0.15) is 42.2 Å². The molecule has 0 aliphatic carbocycles. The van der Waals surface area contributed by atoms with Crippen LogP contribution in [0.25, 0.3) is 10.6 Å². The van der Waals surface area contributed by atoms with Crippen molar-refractivity contribution in [3.05, 3.63) is 40.9 Å². The number of aromatic nitrogens is 1. The zero-order valence-corrected chi connectivity index (χ0v) is 12.9. The smallest absolute Gasteiger partial charge is 0.355 e. The Kier molecular flexibility index (Phi) is 5.90. The van der Waals surface area contributed by atoms with Gasteiger partial charge in [0, 0.05) is 17.6 Å². The second-order valence-corrected chi connectivity index (χ2v) is 5.66. The number of aromatic carboxylic acids is 1. The fraction of sp³-hybridized carbons (Fsp3) is 0.375. The number of carbonyl (C=O) groups is 1. The van der Waals surface area contributed by atoms with Gasteiger partial charge in [-0.15, -0.1) is 11.3 Å². The molecule has 0 saturated heterocycles. The number of unbranched alkanes of at least 4 members (excludes halogenated alkanes) is 2. The van der Waals surface area contributed by atoms with Gasteiger partial charge in [0.05, 0.1) is 6.61 Å². The van der Waals surface area contributed by atoms with Crippen molar-refractivity contribution in [1.82, 2.24) is 4.98 Å². The average molecular weight is 305 g/mol. The Morgan fingerprint density at radius 1 is 1.38 bits per heavy atom. The highest BCUT2D eigenvalue weighted by Crippen LogP contribution is 2.24. The van der Waals surface area contributed by atoms with E-state index in [9.17, 15) is 4.79 Å². The molecule has 0 aliphatic rings. The summed E-state index contributed by atoms with van der Waals surface area (Å²) in [5.74, 6) is -0.993. The molecule has 21 heavy (non-hydrogen) atoms. The third-order valence-corrected chi connectivity index (χ3v) is 3.95. The van der Waals surface area contributed by atoms with Crippen LogP contribution in [0.2, 0.25) is 0 Å². The summed E-state index contributed by atoms with van der Waals surface area (Å²) in [5.41, 5.74) is 2.11. The minimum atomic E-state index is -0.993. The summed E-state index contributed by atoms with van der Waals surface area (Å²) in [4.78, 5) is 15.0. The number of benzene rings is 1. The minimum Gasteiger partial charge on any atom is -0.476 e. The number of hydrogen-bond donors (Lipinski definition) is 1. The molecule has 5 heteroatoms. The fourth-order valence-electron chi connectivity index (χ4n) is 1.94. The molecule has 1 heterocycles. The van der Waals surface area contributed by atoms with Crippen LogP contribution in [0.4, 0.5) is 0 Å². The van der Waals surface area contributed by atoms with Gasteiger partial charge in [-0.3, -0.25) is 0 Å². The van der Waals surface area contributed by atoms with Crippen molar-refractivity contribution in [3.63, 3.8) is 0 Å². The second kappa shape index (κ2) is 7.90. The molecule has 4 nitrogen and oxygen atoms in total. The predicted octanol–water partition coefficient (Wildman–Crippen LogP) is 4.22. The zero-order valence-electron chi connectivity index (χ0n) is 12.0. The molecule has 2 aromatic rings. The van der Waals surface area contributed by atoms with Crippen LogP contribution in [0.15, 0.2) is 29.6 Å². The highest BCUT2D eigenvalue weighted by molar-refractivity contribution is 7.13. The topological polar surface area (TPSA) is 59.4 Å². The van der Waals surface area contributed by atoms with Crippen molar-refractivity contribution < 1.29 is 14.6 Å². The van der Waals surface area contributed by atoms with Crippen LogP contribution in [-0.4, -0.2) is 22.7 Å². The van der Waals surface area contributed by atoms with Crippen LogP contribution in [0.3, 0.4) is 0 Å². The van der Waals surface area contributed by atoms with Gasteiger partial charge in [0.15, 0.2) is 5.69 Å². The van der Waals surface area contributed by atoms with Gasteiger partial charge >= 0.3 is 5.97 Å². The third-order valence-electron chi connectivity index (χ3n) is 3.06. The maximum atomic E-state index is 10.9. The van der Waals surface area contributed by atoms with Crippen LogP contribution in [0, 0.1) is 0 Å². The van der Waals surface area contributed by atoms with E-state index in [0.29, 0.717) is 6.61 Å². The van der Waals surface area contributed by atoms with E-state index in [2.05, 4.69) is 11.9 Å². The number of carboxylic acid groups (broad SMARTS) is 1. The molecule has 0 aliphatic heterocycles. The molecule has 1 aromatic carbocycles. The summed E-state index contributed by atoms with van der Waals surface area (Å²) < 4.78 is 5.64. The van der Waals surface area contributed by atoms with Crippen molar-refractivity contribution in [3.8, 4) is 10.6 Å². The van der Waals surface area contributed by atoms with Gasteiger partial charge in [0.2, 0.25) is 0 Å². The van der Waals surface area contributed by atoms with E-state index < -0.39 is 5.97 Å². The van der Waals surface area contributed by atoms with E-state index in [4.69, 9.17) is 9.84 Å². The maximum Gasteiger partial charge on any atom is 0.355 e. The molecule has 1 N–H and O–H groups in total. The summed E-state index contributed by atoms with van der Waals surface area (Å²) in [6.07, 6.45) is 3.47. The van der Waals surface area contributed by atoms with E-state index in [1.807, 2.05) is 24.3 Å². The van der Waals surface area contributed by atoms with Crippen LogP contribution >= 0.6 is 11.3 Å². The minimum absolute atomic E-state index is 0.0937. The Bertz CT molecular complexity index is 595. The van der Waals surface area contributed by atoms with Crippen molar-refractivity contribution in [2.75, 3.05) is 6.61 Å². The number of hydrogen-bond acceptors (Lipinski definition) is 4. The summed E-state index contributed by atoms with van der Waals surface area (Å²) >= 11 is 1.34. The highest BCUT2D eigenvalue weighted by atomic mass is 32.1. The largest absolute Gasteiger partial charge is 0.476 e. The molecule has 0 bridgehead atoms. The Morgan fingerprint density at radius 3 is 2.95 bits per heavy atom. The zero-order chi connectivity index (χ0) is 15.1. The van der Waals surface area contributed by atoms with Crippen LogP contribution in [-0.2, 0) is 11.3 Å². The molecule has 2 rings (SSSR count). The van der Waals surface area contributed by atoms with Crippen LogP contribution < -0.4 is 0 Å². The van der Waals surface area contributed by atoms with Gasteiger partial charge < -0.3 is 9.84 Å². The Morgan fingerprint density at radius 2 is 2.24 bits per heavy atom. The fourth-order valence-corrected chi connectivity index (χ4v) is 2.73. The van der Waals surface area contributed by atoms with E-state index in [1.165, 1.54) is 24.2 Å². The lowest BCUT2D eigenvalue weighted by Crippen LogP contribution is -1.96. The number of nitrogens with zero attached hydrogens (tertiary/aromatic N) is 1. The summed E-state index contributed by atoms with van der Waals surface area (Å²) in [7, 11) is 0. The molecular formula is C16H19NO3S. The molecule has 0 saturated carbocycles. The molecule has 0 spiro atoms. The lowest BCUT2D eigenvalue weighted by molar-refractivity contribution is 0.0691. The third kappa shape index (κ3) is 4.65. The van der Waals surface area contributed by atoms with E-state index in [0.717, 1.165) is 29.2 Å². The standard InChI is InChI=1S/C16H19NO3S/c1-2-3-4-8-20-10-12-6-5-7-13(9-12)15-17-14(11-21-15)16(18)19/h5-7,9,11H,2-4,8,10H2,1H3,(H,18,19). The molecule has 1 aromatic heterocycles. The number of ether oxygens (including phenoxy) is 1. The van der Waals surface area contributed by atoms with Gasteiger partial charge in [-0.2, -0.15) is 0 Å². The Balaban J connectivity index is 1.98. The lowest BCUT2D eigenvalue weighted by Gasteiger charge is -2.05. The van der Waals surface area contributed by atoms with Gasteiger partial charge in [0.25, 0.3) is 0 Å². The van der Waals surface area contributed by atoms with Gasteiger partial charge in [-0.05, 0) is 18.1 Å². The van der Waals surface area contributed by atoms with Crippen molar-refractivity contribution >= 4 is 17.3 Å². The first-order valence-electron chi connectivity index (χ1n) is 7.06. The Labute approximate surface area is 128 Å². The molecule has 0 amide bonds. The van der Waals surface area contributed by atoms with Crippen LogP contribution in [0.5, 0.6) is 0 Å². The quantitative estimate of drug-likeness (QED) is 0.742. The molecular weight excluding hydrogens is 286 g/mol. The summed E-state index contributed by atoms with van der Waals surface area (Å²) in [6.45, 7) is 3.52. The first-order valence-corrected chi connectivity index (χ1v) is 7.94. The number of thiazole rings is 1. The Hall–Kier alpha value is -1.72. The number of rotatable bonds is 8. The molecule has 112 valence electrons. The monoisotopic (exact) mass is 305 g/mol. The maximum absolute atomic E-state index is 10.9. The average Bonchev–Trinajstić information content (AvgIpc) is 2.97. The SMILES string of the molecule is CCCCCOCc1cccc(-c2nc(C(=O)O)cs2)c1. The van der Waals surface area contributed by atoms with Crippen molar-refractivity contribution in [2.45, 2.75) is 32.8 Å². The molecule has 0 radical (unpaired) electrons. The van der Waals surface area contributed by atoms with Crippen molar-refractivity contribution in [2.24, 2.45) is 0 Å². The summed E-state index contributed by atoms with van der Waals surface area (Å²) in [6, 6.07) is 7.90. The normalized spacial score (nSPS) is 10.7. The van der Waals surface area contributed by atoms with Gasteiger partial charge in [-0.25, -0.2) is 9.78 Å². The first kappa shape index (κ1) is 15.7. The molecule has 0 fully saturated rings. The van der Waals surface area contributed by atoms with E-state index >= 15 is 0 Å². The lowest BCUT2D eigenvalue weighted by atomic mass is 10.1. The molecule has 0 atom stereocenters. The number of carboxylic acids is 1. The summed E-state index contributed by atoms with van der Waals surface area (Å²) in [5, 5.41) is 11.2. The highest BCUT2D eigenvalue weighted by Gasteiger charge is 2.10.